The lowest BCUT2D eigenvalue weighted by molar-refractivity contribution is -0.118. The lowest BCUT2D eigenvalue weighted by Crippen LogP contribution is -2.25. The smallest absolute Gasteiger partial charge is 0.286 e. The van der Waals surface area contributed by atoms with Gasteiger partial charge < -0.3 is 4.57 Å². The van der Waals surface area contributed by atoms with Crippen molar-refractivity contribution in [3.8, 4) is 5.69 Å². The van der Waals surface area contributed by atoms with Crippen LogP contribution in [0.2, 0.25) is 0 Å². The molecule has 0 aliphatic carbocycles. The van der Waals surface area contributed by atoms with Crippen molar-refractivity contribution in [2.24, 2.45) is 0 Å². The van der Waals surface area contributed by atoms with Crippen molar-refractivity contribution in [3.63, 3.8) is 0 Å². The molecule has 1 N–H and O–H groups in total. The molecule has 2 amide bonds. The minimum atomic E-state index is -0.313. The van der Waals surface area contributed by atoms with E-state index >= 15 is 0 Å². The van der Waals surface area contributed by atoms with Crippen LogP contribution in [0.15, 0.2) is 43.0 Å². The molecule has 1 aromatic heterocycles. The third kappa shape index (κ3) is 2.53. The second-order valence-corrected chi connectivity index (χ2v) is 5.40. The average molecular weight is 273 g/mol. The largest absolute Gasteiger partial charge is 0.306 e. The molecule has 1 saturated heterocycles. The molecule has 1 fully saturated rings. The fourth-order valence-electron chi connectivity index (χ4n) is 1.96. The molecular weight excluding hydrogens is 262 g/mol. The highest BCUT2D eigenvalue weighted by Gasteiger charge is 2.31. The molecule has 1 aliphatic heterocycles. The maximum absolute atomic E-state index is 11.5. The molecule has 0 saturated carbocycles. The van der Waals surface area contributed by atoms with Gasteiger partial charge in [0.1, 0.15) is 0 Å². The second kappa shape index (κ2) is 4.89. The monoisotopic (exact) mass is 273 g/mol. The van der Waals surface area contributed by atoms with Gasteiger partial charge in [0.2, 0.25) is 5.91 Å². The highest BCUT2D eigenvalue weighted by atomic mass is 32.2. The molecule has 3 rings (SSSR count). The summed E-state index contributed by atoms with van der Waals surface area (Å²) in [5.74, 6) is -0.200. The average Bonchev–Trinajstić information content (AvgIpc) is 3.01. The van der Waals surface area contributed by atoms with Crippen LogP contribution in [-0.4, -0.2) is 25.9 Å². The van der Waals surface area contributed by atoms with Crippen LogP contribution in [0.4, 0.5) is 4.79 Å². The molecule has 96 valence electrons. The van der Waals surface area contributed by atoms with E-state index in [4.69, 9.17) is 0 Å². The standard InChI is InChI=1S/C13H11N3O2S/c17-12-11(19-13(18)15-12)7-9-1-3-10(4-2-9)16-6-5-14-8-16/h1-6,8,11H,7H2,(H,15,17,18). The third-order valence-electron chi connectivity index (χ3n) is 2.93. The summed E-state index contributed by atoms with van der Waals surface area (Å²) in [6, 6.07) is 7.87. The minimum absolute atomic E-state index is 0.200. The van der Waals surface area contributed by atoms with Gasteiger partial charge in [-0.2, -0.15) is 0 Å². The van der Waals surface area contributed by atoms with E-state index in [9.17, 15) is 9.59 Å². The van der Waals surface area contributed by atoms with Gasteiger partial charge in [-0.25, -0.2) is 4.98 Å². The van der Waals surface area contributed by atoms with Crippen LogP contribution in [0.3, 0.4) is 0 Å². The van der Waals surface area contributed by atoms with Crippen LogP contribution < -0.4 is 5.32 Å². The van der Waals surface area contributed by atoms with Crippen LogP contribution >= 0.6 is 11.8 Å². The molecule has 0 spiro atoms. The summed E-state index contributed by atoms with van der Waals surface area (Å²) in [6.45, 7) is 0. The van der Waals surface area contributed by atoms with Gasteiger partial charge in [-0.05, 0) is 24.1 Å². The van der Waals surface area contributed by atoms with Crippen molar-refractivity contribution in [1.82, 2.24) is 14.9 Å². The summed E-state index contributed by atoms with van der Waals surface area (Å²) < 4.78 is 1.91. The number of amides is 2. The van der Waals surface area contributed by atoms with Crippen molar-refractivity contribution in [1.29, 1.82) is 0 Å². The van der Waals surface area contributed by atoms with Gasteiger partial charge in [0, 0.05) is 18.1 Å². The Morgan fingerprint density at radius 2 is 2.05 bits per heavy atom. The summed E-state index contributed by atoms with van der Waals surface area (Å²) >= 11 is 1.06. The van der Waals surface area contributed by atoms with E-state index in [0.717, 1.165) is 23.0 Å². The highest BCUT2D eigenvalue weighted by molar-refractivity contribution is 8.15. The molecule has 1 unspecified atom stereocenters. The minimum Gasteiger partial charge on any atom is -0.306 e. The van der Waals surface area contributed by atoms with Gasteiger partial charge in [0.15, 0.2) is 0 Å². The Kier molecular flexibility index (Phi) is 3.08. The molecule has 19 heavy (non-hydrogen) atoms. The SMILES string of the molecule is O=C1NC(=O)C(Cc2ccc(-n3ccnc3)cc2)S1. The zero-order chi connectivity index (χ0) is 13.2. The van der Waals surface area contributed by atoms with Gasteiger partial charge >= 0.3 is 0 Å². The highest BCUT2D eigenvalue weighted by Crippen LogP contribution is 2.23. The lowest BCUT2D eigenvalue weighted by Gasteiger charge is -2.07. The number of carbonyl (C=O) groups is 2. The van der Waals surface area contributed by atoms with Crippen molar-refractivity contribution >= 4 is 22.9 Å². The van der Waals surface area contributed by atoms with E-state index in [1.54, 1.807) is 12.5 Å². The molecular formula is C13H11N3O2S. The lowest BCUT2D eigenvalue weighted by atomic mass is 10.1. The molecule has 1 aliphatic rings. The Hall–Kier alpha value is -2.08. The molecule has 5 nitrogen and oxygen atoms in total. The van der Waals surface area contributed by atoms with Gasteiger partial charge in [0.25, 0.3) is 5.24 Å². The van der Waals surface area contributed by atoms with Crippen LogP contribution in [0, 0.1) is 0 Å². The molecule has 0 radical (unpaired) electrons. The number of nitrogens with zero attached hydrogens (tertiary/aromatic N) is 2. The summed E-state index contributed by atoms with van der Waals surface area (Å²) in [7, 11) is 0. The van der Waals surface area contributed by atoms with E-state index in [1.165, 1.54) is 0 Å². The predicted molar refractivity (Wildman–Crippen MR) is 72.2 cm³/mol. The first-order chi connectivity index (χ1) is 9.22. The summed E-state index contributed by atoms with van der Waals surface area (Å²) in [4.78, 5) is 26.6. The number of imide groups is 1. The number of carbonyl (C=O) groups excluding carboxylic acids is 2. The number of rotatable bonds is 3. The number of benzene rings is 1. The Morgan fingerprint density at radius 3 is 2.63 bits per heavy atom. The van der Waals surface area contributed by atoms with E-state index < -0.39 is 0 Å². The fourth-order valence-corrected chi connectivity index (χ4v) is 2.82. The van der Waals surface area contributed by atoms with Crippen LogP contribution in [0.1, 0.15) is 5.56 Å². The summed E-state index contributed by atoms with van der Waals surface area (Å²) in [5.41, 5.74) is 2.05. The Bertz CT molecular complexity index is 607. The third-order valence-corrected chi connectivity index (χ3v) is 3.91. The number of nitrogens with one attached hydrogen (secondary N) is 1. The molecule has 2 heterocycles. The number of imidazole rings is 1. The molecule has 2 aromatic rings. The maximum Gasteiger partial charge on any atom is 0.286 e. The predicted octanol–water partition coefficient (Wildman–Crippen LogP) is 1.77. The molecule has 0 bridgehead atoms. The van der Waals surface area contributed by atoms with E-state index in [0.29, 0.717) is 6.42 Å². The maximum atomic E-state index is 11.5. The van der Waals surface area contributed by atoms with Crippen molar-refractivity contribution in [2.75, 3.05) is 0 Å². The summed E-state index contributed by atoms with van der Waals surface area (Å²) in [5, 5.41) is 1.72. The van der Waals surface area contributed by atoms with Gasteiger partial charge in [-0.1, -0.05) is 23.9 Å². The van der Waals surface area contributed by atoms with Crippen molar-refractivity contribution < 1.29 is 9.59 Å². The van der Waals surface area contributed by atoms with Crippen LogP contribution in [0.25, 0.3) is 5.69 Å². The molecule has 1 aromatic carbocycles. The Labute approximate surface area is 114 Å². The van der Waals surface area contributed by atoms with Crippen LogP contribution in [-0.2, 0) is 11.2 Å². The number of hydrogen-bond donors (Lipinski definition) is 1. The first-order valence-corrected chi connectivity index (χ1v) is 6.69. The van der Waals surface area contributed by atoms with Gasteiger partial charge in [-0.15, -0.1) is 0 Å². The topological polar surface area (TPSA) is 64.0 Å². The first-order valence-electron chi connectivity index (χ1n) is 5.81. The number of aromatic nitrogens is 2. The van der Waals surface area contributed by atoms with Gasteiger partial charge in [0.05, 0.1) is 11.6 Å². The quantitative estimate of drug-likeness (QED) is 0.925. The van der Waals surface area contributed by atoms with E-state index in [1.807, 2.05) is 35.0 Å². The first kappa shape index (κ1) is 12.0. The summed E-state index contributed by atoms with van der Waals surface area (Å²) in [6.07, 6.45) is 5.88. The molecule has 1 atom stereocenters. The zero-order valence-corrected chi connectivity index (χ0v) is 10.8. The Morgan fingerprint density at radius 1 is 1.26 bits per heavy atom. The second-order valence-electron chi connectivity index (χ2n) is 4.22. The van der Waals surface area contributed by atoms with E-state index in [2.05, 4.69) is 10.3 Å². The molecule has 6 heteroatoms. The fraction of sp³-hybridized carbons (Fsp3) is 0.154. The van der Waals surface area contributed by atoms with E-state index in [-0.39, 0.29) is 16.4 Å². The Balaban J connectivity index is 1.73. The number of thioether (sulfide) groups is 1. The zero-order valence-electron chi connectivity index (χ0n) is 9.95. The van der Waals surface area contributed by atoms with Crippen molar-refractivity contribution in [2.45, 2.75) is 11.7 Å². The van der Waals surface area contributed by atoms with Gasteiger partial charge in [-0.3, -0.25) is 14.9 Å². The van der Waals surface area contributed by atoms with Crippen molar-refractivity contribution in [3.05, 3.63) is 48.5 Å². The number of hydrogen-bond acceptors (Lipinski definition) is 4. The van der Waals surface area contributed by atoms with Crippen LogP contribution in [0.5, 0.6) is 0 Å². The normalized spacial score (nSPS) is 18.6.